The van der Waals surface area contributed by atoms with Crippen molar-refractivity contribution in [1.29, 1.82) is 0 Å². The first-order valence-corrected chi connectivity index (χ1v) is 6.36. The smallest absolute Gasteiger partial charge is 0.341 e. The summed E-state index contributed by atoms with van der Waals surface area (Å²) in [6.07, 6.45) is -1.13. The van der Waals surface area contributed by atoms with Gasteiger partial charge in [0.2, 0.25) is 5.95 Å². The molecule has 0 bridgehead atoms. The second kappa shape index (κ2) is 6.70. The molecular weight excluding hydrogens is 257 g/mol. The van der Waals surface area contributed by atoms with Crippen LogP contribution in [0.4, 0.5) is 19.1 Å². The number of nitrogens with zero attached hydrogens (tertiary/aromatic N) is 3. The number of hydrogen-bond donors (Lipinski definition) is 1. The van der Waals surface area contributed by atoms with E-state index in [1.807, 2.05) is 18.7 Å². The quantitative estimate of drug-likeness (QED) is 0.856. The lowest BCUT2D eigenvalue weighted by molar-refractivity contribution is -0.138. The van der Waals surface area contributed by atoms with Crippen LogP contribution in [0.1, 0.15) is 32.3 Å². The van der Waals surface area contributed by atoms with E-state index in [9.17, 15) is 13.2 Å². The molecular formula is C12H19F3N4. The summed E-state index contributed by atoms with van der Waals surface area (Å²) >= 11 is 0. The van der Waals surface area contributed by atoms with Gasteiger partial charge in [0, 0.05) is 31.5 Å². The molecule has 4 nitrogen and oxygen atoms in total. The van der Waals surface area contributed by atoms with Crippen LogP contribution in [-0.2, 0) is 6.18 Å². The van der Waals surface area contributed by atoms with Gasteiger partial charge in [0.15, 0.2) is 0 Å². The molecule has 1 fully saturated rings. The van der Waals surface area contributed by atoms with Gasteiger partial charge in [-0.1, -0.05) is 13.8 Å². The largest absolute Gasteiger partial charge is 0.419 e. The minimum absolute atomic E-state index is 0.167. The predicted octanol–water partition coefficient (Wildman–Crippen LogP) is 2.45. The van der Waals surface area contributed by atoms with Crippen molar-refractivity contribution in [3.63, 3.8) is 0 Å². The molecule has 1 aliphatic rings. The van der Waals surface area contributed by atoms with Crippen LogP contribution in [0.15, 0.2) is 12.4 Å². The summed E-state index contributed by atoms with van der Waals surface area (Å²) < 4.78 is 36.9. The van der Waals surface area contributed by atoms with Crippen LogP contribution in [0, 0.1) is 0 Å². The second-order valence-corrected chi connectivity index (χ2v) is 4.09. The number of rotatable bonds is 1. The van der Waals surface area contributed by atoms with Crippen LogP contribution in [-0.4, -0.2) is 29.1 Å². The number of halogens is 3. The summed E-state index contributed by atoms with van der Waals surface area (Å²) in [6.45, 7) is 5.37. The lowest BCUT2D eigenvalue weighted by atomic mass is 10.1. The molecule has 1 aromatic heterocycles. The van der Waals surface area contributed by atoms with E-state index in [1.54, 1.807) is 0 Å². The zero-order chi connectivity index (χ0) is 14.5. The third kappa shape index (κ3) is 4.34. The number of piperidine rings is 1. The topological polar surface area (TPSA) is 55.0 Å². The molecule has 0 amide bonds. The van der Waals surface area contributed by atoms with Gasteiger partial charge >= 0.3 is 6.18 Å². The molecule has 0 radical (unpaired) electrons. The Bertz CT molecular complexity index is 370. The Morgan fingerprint density at radius 1 is 1.16 bits per heavy atom. The highest BCUT2D eigenvalue weighted by Crippen LogP contribution is 2.28. The van der Waals surface area contributed by atoms with Crippen molar-refractivity contribution in [3.8, 4) is 0 Å². The summed E-state index contributed by atoms with van der Waals surface area (Å²) in [6, 6.07) is 0.167. The standard InChI is InChI=1S/C10H13F3N4.C2H6/c11-10(12,13)7-5-15-9(16-6-7)17-3-1-8(14)2-4-17;1-2/h5-6,8H,1-4,14H2;1-2H3. The first-order chi connectivity index (χ1) is 8.97. The number of anilines is 1. The van der Waals surface area contributed by atoms with Crippen LogP contribution >= 0.6 is 0 Å². The van der Waals surface area contributed by atoms with Crippen molar-refractivity contribution in [2.45, 2.75) is 38.9 Å². The molecule has 0 atom stereocenters. The van der Waals surface area contributed by atoms with E-state index in [1.165, 1.54) is 0 Å². The summed E-state index contributed by atoms with van der Waals surface area (Å²) in [5, 5.41) is 0. The van der Waals surface area contributed by atoms with E-state index in [0.29, 0.717) is 19.0 Å². The zero-order valence-electron chi connectivity index (χ0n) is 11.1. The van der Waals surface area contributed by atoms with Gasteiger partial charge in [-0.05, 0) is 12.8 Å². The van der Waals surface area contributed by atoms with Gasteiger partial charge in [-0.15, -0.1) is 0 Å². The summed E-state index contributed by atoms with van der Waals surface area (Å²) in [5.41, 5.74) is 4.92. The van der Waals surface area contributed by atoms with E-state index >= 15 is 0 Å². The first kappa shape index (κ1) is 15.7. The first-order valence-electron chi connectivity index (χ1n) is 6.36. The molecule has 1 aromatic rings. The fourth-order valence-electron chi connectivity index (χ4n) is 1.73. The summed E-state index contributed by atoms with van der Waals surface area (Å²) in [7, 11) is 0. The van der Waals surface area contributed by atoms with Crippen molar-refractivity contribution in [1.82, 2.24) is 9.97 Å². The predicted molar refractivity (Wildman–Crippen MR) is 67.8 cm³/mol. The van der Waals surface area contributed by atoms with E-state index in [4.69, 9.17) is 5.73 Å². The van der Waals surface area contributed by atoms with Crippen molar-refractivity contribution in [3.05, 3.63) is 18.0 Å². The maximum Gasteiger partial charge on any atom is 0.419 e. The summed E-state index contributed by atoms with van der Waals surface area (Å²) in [4.78, 5) is 9.35. The van der Waals surface area contributed by atoms with Crippen molar-refractivity contribution in [2.75, 3.05) is 18.0 Å². The third-order valence-electron chi connectivity index (χ3n) is 2.79. The lowest BCUT2D eigenvalue weighted by Crippen LogP contribution is -2.40. The number of aromatic nitrogens is 2. The SMILES string of the molecule is CC.NC1CCN(c2ncc(C(F)(F)F)cn2)CC1. The molecule has 0 aromatic carbocycles. The maximum absolute atomic E-state index is 12.3. The molecule has 19 heavy (non-hydrogen) atoms. The highest BCUT2D eigenvalue weighted by atomic mass is 19.4. The average Bonchev–Trinajstić information content (AvgIpc) is 2.41. The molecule has 0 aliphatic carbocycles. The summed E-state index contributed by atoms with van der Waals surface area (Å²) in [5.74, 6) is 0.338. The Kier molecular flexibility index (Phi) is 5.53. The van der Waals surface area contributed by atoms with Crippen LogP contribution in [0.3, 0.4) is 0 Å². The molecule has 0 spiro atoms. The molecule has 2 rings (SSSR count). The number of nitrogens with two attached hydrogens (primary N) is 1. The molecule has 0 unspecified atom stereocenters. The normalized spacial score (nSPS) is 16.8. The van der Waals surface area contributed by atoms with Gasteiger partial charge in [-0.3, -0.25) is 0 Å². The Balaban J connectivity index is 0.000000861. The van der Waals surface area contributed by atoms with Gasteiger partial charge in [0.1, 0.15) is 0 Å². The maximum atomic E-state index is 12.3. The van der Waals surface area contributed by atoms with Gasteiger partial charge in [0.05, 0.1) is 5.56 Å². The van der Waals surface area contributed by atoms with Crippen molar-refractivity contribution in [2.24, 2.45) is 5.73 Å². The Labute approximate surface area is 110 Å². The zero-order valence-corrected chi connectivity index (χ0v) is 11.1. The highest BCUT2D eigenvalue weighted by molar-refractivity contribution is 5.31. The van der Waals surface area contributed by atoms with Gasteiger partial charge in [-0.25, -0.2) is 9.97 Å². The fourth-order valence-corrected chi connectivity index (χ4v) is 1.73. The van der Waals surface area contributed by atoms with E-state index < -0.39 is 11.7 Å². The molecule has 7 heteroatoms. The Morgan fingerprint density at radius 3 is 2.05 bits per heavy atom. The second-order valence-electron chi connectivity index (χ2n) is 4.09. The minimum Gasteiger partial charge on any atom is -0.341 e. The number of alkyl halides is 3. The van der Waals surface area contributed by atoms with E-state index in [-0.39, 0.29) is 6.04 Å². The molecule has 1 aliphatic heterocycles. The molecule has 1 saturated heterocycles. The Morgan fingerprint density at radius 2 is 1.63 bits per heavy atom. The highest BCUT2D eigenvalue weighted by Gasteiger charge is 2.31. The monoisotopic (exact) mass is 276 g/mol. The average molecular weight is 276 g/mol. The molecule has 2 N–H and O–H groups in total. The molecule has 108 valence electrons. The fraction of sp³-hybridized carbons (Fsp3) is 0.667. The van der Waals surface area contributed by atoms with Crippen molar-refractivity contribution < 1.29 is 13.2 Å². The van der Waals surface area contributed by atoms with Crippen molar-refractivity contribution >= 4 is 5.95 Å². The van der Waals surface area contributed by atoms with Crippen LogP contribution in [0.25, 0.3) is 0 Å². The van der Waals surface area contributed by atoms with Crippen LogP contribution < -0.4 is 10.6 Å². The van der Waals surface area contributed by atoms with Crippen LogP contribution in [0.2, 0.25) is 0 Å². The van der Waals surface area contributed by atoms with E-state index in [2.05, 4.69) is 9.97 Å². The molecule has 2 heterocycles. The lowest BCUT2D eigenvalue weighted by Gasteiger charge is -2.30. The van der Waals surface area contributed by atoms with Gasteiger partial charge in [-0.2, -0.15) is 13.2 Å². The van der Waals surface area contributed by atoms with E-state index in [0.717, 1.165) is 25.2 Å². The molecule has 0 saturated carbocycles. The number of hydrogen-bond acceptors (Lipinski definition) is 4. The Hall–Kier alpha value is -1.37. The van der Waals surface area contributed by atoms with Crippen LogP contribution in [0.5, 0.6) is 0 Å². The third-order valence-corrected chi connectivity index (χ3v) is 2.79. The van der Waals surface area contributed by atoms with Gasteiger partial charge < -0.3 is 10.6 Å². The minimum atomic E-state index is -4.39. The van der Waals surface area contributed by atoms with Gasteiger partial charge in [0.25, 0.3) is 0 Å².